The quantitative estimate of drug-likeness (QED) is 0.807. The molecule has 78 valence electrons. The molecule has 15 heavy (non-hydrogen) atoms. The number of carbonyl (C=O) groups is 1. The summed E-state index contributed by atoms with van der Waals surface area (Å²) in [5.41, 5.74) is 2.18. The van der Waals surface area contributed by atoms with Crippen LogP contribution in [0.2, 0.25) is 0 Å². The molecule has 0 saturated heterocycles. The van der Waals surface area contributed by atoms with Crippen molar-refractivity contribution < 1.29 is 14.3 Å². The summed E-state index contributed by atoms with van der Waals surface area (Å²) in [7, 11) is 0. The zero-order valence-corrected chi connectivity index (χ0v) is 8.33. The first kappa shape index (κ1) is 9.90. The lowest BCUT2D eigenvalue weighted by atomic mass is 9.99. The lowest BCUT2D eigenvalue weighted by Gasteiger charge is -2.06. The highest BCUT2D eigenvalue weighted by Crippen LogP contribution is 2.31. The second kappa shape index (κ2) is 3.50. The Kier molecular flexibility index (Phi) is 2.31. The Morgan fingerprint density at radius 2 is 2.27 bits per heavy atom. The molecule has 0 saturated carbocycles. The number of carboxylic acids is 1. The zero-order valence-electron chi connectivity index (χ0n) is 8.33. The Morgan fingerprint density at radius 3 is 2.87 bits per heavy atom. The minimum Gasteiger partial charge on any atom is -0.481 e. The Hall–Kier alpha value is -1.64. The lowest BCUT2D eigenvalue weighted by molar-refractivity contribution is -0.139. The first-order valence-corrected chi connectivity index (χ1v) is 4.80. The van der Waals surface area contributed by atoms with E-state index in [9.17, 15) is 9.18 Å². The Balaban J connectivity index is 2.33. The molecule has 2 rings (SSSR count). The molecule has 1 unspecified atom stereocenters. The van der Waals surface area contributed by atoms with Crippen LogP contribution in [0.3, 0.4) is 0 Å². The van der Waals surface area contributed by atoms with E-state index in [-0.39, 0.29) is 5.82 Å². The molecule has 0 amide bonds. The molecule has 2 nitrogen and oxygen atoms in total. The molecular weight excluding hydrogens is 195 g/mol. The van der Waals surface area contributed by atoms with Gasteiger partial charge in [-0.3, -0.25) is 4.79 Å². The van der Waals surface area contributed by atoms with E-state index in [4.69, 9.17) is 5.11 Å². The van der Waals surface area contributed by atoms with Crippen LogP contribution in [0.4, 0.5) is 4.39 Å². The third-order valence-corrected chi connectivity index (χ3v) is 2.80. The van der Waals surface area contributed by atoms with Crippen molar-refractivity contribution in [3.63, 3.8) is 0 Å². The van der Waals surface area contributed by atoms with E-state index in [1.807, 2.05) is 0 Å². The summed E-state index contributed by atoms with van der Waals surface area (Å²) in [5, 5.41) is 8.86. The summed E-state index contributed by atoms with van der Waals surface area (Å²) < 4.78 is 13.3. The van der Waals surface area contributed by atoms with Crippen molar-refractivity contribution in [2.75, 3.05) is 0 Å². The molecule has 0 fully saturated rings. The fourth-order valence-electron chi connectivity index (χ4n) is 1.79. The van der Waals surface area contributed by atoms with Gasteiger partial charge in [-0.05, 0) is 30.5 Å². The van der Waals surface area contributed by atoms with Crippen LogP contribution in [-0.2, 0) is 11.2 Å². The summed E-state index contributed by atoms with van der Waals surface area (Å²) in [6.45, 7) is 1.62. The highest BCUT2D eigenvalue weighted by atomic mass is 19.1. The van der Waals surface area contributed by atoms with E-state index in [1.54, 1.807) is 25.1 Å². The van der Waals surface area contributed by atoms with E-state index in [1.165, 1.54) is 6.07 Å². The van der Waals surface area contributed by atoms with E-state index in [2.05, 4.69) is 0 Å². The molecule has 0 aromatic heterocycles. The van der Waals surface area contributed by atoms with E-state index < -0.39 is 11.9 Å². The number of hydrogen-bond donors (Lipinski definition) is 1. The molecule has 0 radical (unpaired) electrons. The topological polar surface area (TPSA) is 37.3 Å². The third-order valence-electron chi connectivity index (χ3n) is 2.80. The first-order valence-electron chi connectivity index (χ1n) is 4.80. The van der Waals surface area contributed by atoms with Crippen LogP contribution in [0.1, 0.15) is 18.1 Å². The van der Waals surface area contributed by atoms with Gasteiger partial charge in [0.2, 0.25) is 0 Å². The average Bonchev–Trinajstić information content (AvgIpc) is 2.61. The van der Waals surface area contributed by atoms with Crippen LogP contribution in [0.25, 0.3) is 6.08 Å². The van der Waals surface area contributed by atoms with Crippen LogP contribution in [0.15, 0.2) is 23.8 Å². The van der Waals surface area contributed by atoms with Crippen LogP contribution in [0.5, 0.6) is 0 Å². The number of rotatable bonds is 2. The summed E-state index contributed by atoms with van der Waals surface area (Å²) in [6.07, 6.45) is 2.19. The minimum absolute atomic E-state index is 0.253. The van der Waals surface area contributed by atoms with Crippen LogP contribution in [0, 0.1) is 11.7 Å². The van der Waals surface area contributed by atoms with E-state index in [0.717, 1.165) is 11.1 Å². The van der Waals surface area contributed by atoms with E-state index in [0.29, 0.717) is 12.0 Å². The minimum atomic E-state index is -0.866. The fraction of sp³-hybridized carbons (Fsp3) is 0.250. The fourth-order valence-corrected chi connectivity index (χ4v) is 1.79. The molecule has 0 spiro atoms. The molecular formula is C12H11FO2. The molecule has 0 heterocycles. The van der Waals surface area contributed by atoms with Gasteiger partial charge in [0.05, 0.1) is 5.92 Å². The third kappa shape index (κ3) is 1.65. The van der Waals surface area contributed by atoms with Crippen molar-refractivity contribution >= 4 is 12.0 Å². The van der Waals surface area contributed by atoms with Gasteiger partial charge in [-0.1, -0.05) is 23.8 Å². The Morgan fingerprint density at radius 1 is 1.53 bits per heavy atom. The molecule has 0 aliphatic heterocycles. The summed E-state index contributed by atoms with van der Waals surface area (Å²) >= 11 is 0. The van der Waals surface area contributed by atoms with Gasteiger partial charge in [-0.15, -0.1) is 0 Å². The normalized spacial score (nSPS) is 15.7. The molecule has 1 atom stereocenters. The number of hydrogen-bond acceptors (Lipinski definition) is 1. The van der Waals surface area contributed by atoms with Gasteiger partial charge in [-0.2, -0.15) is 0 Å². The Labute approximate surface area is 87.0 Å². The number of fused-ring (bicyclic) bond motifs is 1. The zero-order chi connectivity index (χ0) is 11.0. The SMILES string of the molecule is CC(C(=O)O)C1=Cc2cccc(F)c2C1. The number of benzene rings is 1. The lowest BCUT2D eigenvalue weighted by Crippen LogP contribution is -2.12. The molecule has 1 aliphatic rings. The predicted octanol–water partition coefficient (Wildman–Crippen LogP) is 2.49. The first-order chi connectivity index (χ1) is 7.09. The molecule has 1 aromatic carbocycles. The van der Waals surface area contributed by atoms with Crippen molar-refractivity contribution in [3.05, 3.63) is 40.7 Å². The monoisotopic (exact) mass is 206 g/mol. The van der Waals surface area contributed by atoms with Gasteiger partial charge in [0.25, 0.3) is 0 Å². The largest absolute Gasteiger partial charge is 0.481 e. The van der Waals surface area contributed by atoms with Gasteiger partial charge >= 0.3 is 5.97 Å². The molecule has 0 bridgehead atoms. The number of carboxylic acid groups (broad SMARTS) is 1. The predicted molar refractivity (Wildman–Crippen MR) is 54.9 cm³/mol. The number of aliphatic carboxylic acids is 1. The van der Waals surface area contributed by atoms with Crippen molar-refractivity contribution in [1.82, 2.24) is 0 Å². The highest BCUT2D eigenvalue weighted by Gasteiger charge is 2.23. The maximum Gasteiger partial charge on any atom is 0.310 e. The Bertz CT molecular complexity index is 449. The summed E-state index contributed by atoms with van der Waals surface area (Å²) in [5.74, 6) is -1.66. The maximum absolute atomic E-state index is 13.3. The van der Waals surface area contributed by atoms with Gasteiger partial charge in [0.1, 0.15) is 5.82 Å². The number of halogens is 1. The van der Waals surface area contributed by atoms with E-state index >= 15 is 0 Å². The van der Waals surface area contributed by atoms with Gasteiger partial charge < -0.3 is 5.11 Å². The average molecular weight is 206 g/mol. The van der Waals surface area contributed by atoms with Crippen molar-refractivity contribution in [1.29, 1.82) is 0 Å². The summed E-state index contributed by atoms with van der Waals surface area (Å²) in [4.78, 5) is 10.8. The smallest absolute Gasteiger partial charge is 0.310 e. The van der Waals surface area contributed by atoms with Crippen LogP contribution in [-0.4, -0.2) is 11.1 Å². The summed E-state index contributed by atoms with van der Waals surface area (Å²) in [6, 6.07) is 4.85. The van der Waals surface area contributed by atoms with Gasteiger partial charge in [-0.25, -0.2) is 4.39 Å². The van der Waals surface area contributed by atoms with Crippen molar-refractivity contribution in [2.24, 2.45) is 5.92 Å². The van der Waals surface area contributed by atoms with Crippen LogP contribution < -0.4 is 0 Å². The molecule has 1 N–H and O–H groups in total. The van der Waals surface area contributed by atoms with Crippen molar-refractivity contribution in [3.8, 4) is 0 Å². The molecule has 3 heteroatoms. The molecule has 1 aliphatic carbocycles. The second-order valence-corrected chi connectivity index (χ2v) is 3.76. The highest BCUT2D eigenvalue weighted by molar-refractivity contribution is 5.78. The van der Waals surface area contributed by atoms with Crippen LogP contribution >= 0.6 is 0 Å². The van der Waals surface area contributed by atoms with Gasteiger partial charge in [0, 0.05) is 0 Å². The van der Waals surface area contributed by atoms with Crippen molar-refractivity contribution in [2.45, 2.75) is 13.3 Å². The molecule has 1 aromatic rings. The van der Waals surface area contributed by atoms with Gasteiger partial charge in [0.15, 0.2) is 0 Å². The second-order valence-electron chi connectivity index (χ2n) is 3.76. The standard InChI is InChI=1S/C12H11FO2/c1-7(12(14)15)9-5-8-3-2-4-11(13)10(8)6-9/h2-5,7H,6H2,1H3,(H,14,15). The maximum atomic E-state index is 13.3.